The first-order valence-corrected chi connectivity index (χ1v) is 9.14. The molecule has 1 heterocycles. The average Bonchev–Trinajstić information content (AvgIpc) is 3.07. The second-order valence-corrected chi connectivity index (χ2v) is 7.01. The Morgan fingerprint density at radius 1 is 1.11 bits per heavy atom. The van der Waals surface area contributed by atoms with Crippen molar-refractivity contribution in [2.24, 2.45) is 5.92 Å². The zero-order valence-corrected chi connectivity index (χ0v) is 16.4. The third-order valence-electron chi connectivity index (χ3n) is 4.35. The number of ether oxygens (including phenoxy) is 1. The summed E-state index contributed by atoms with van der Waals surface area (Å²) in [4.78, 5) is 38.3. The van der Waals surface area contributed by atoms with Crippen molar-refractivity contribution < 1.29 is 19.1 Å². The number of methoxy groups -OCH3 is 1. The van der Waals surface area contributed by atoms with Crippen LogP contribution in [-0.4, -0.2) is 31.4 Å². The molecule has 3 rings (SSSR count). The third kappa shape index (κ3) is 4.37. The van der Waals surface area contributed by atoms with Crippen molar-refractivity contribution in [1.82, 2.24) is 10.9 Å². The monoisotopic (exact) mass is 421 g/mol. The number of hydrazine groups is 1. The molecule has 1 aliphatic heterocycles. The van der Waals surface area contributed by atoms with Gasteiger partial charge in [-0.25, -0.2) is 0 Å². The number of anilines is 1. The van der Waals surface area contributed by atoms with E-state index in [1.54, 1.807) is 31.4 Å². The molecule has 0 aliphatic carbocycles. The van der Waals surface area contributed by atoms with E-state index in [1.165, 1.54) is 23.1 Å². The standard InChI is InChI=1S/C19H17Cl2N3O4/c1-28-14-5-3-13(4-6-14)24-10-11(8-17(24)25)18(26)22-23-19(27)15-7-2-12(20)9-16(15)21/h2-7,9,11H,8,10H2,1H3,(H,22,26)(H,23,27)/t11-/m1/s1. The zero-order chi connectivity index (χ0) is 20.3. The Morgan fingerprint density at radius 3 is 2.46 bits per heavy atom. The molecule has 1 fully saturated rings. The van der Waals surface area contributed by atoms with Crippen molar-refractivity contribution >= 4 is 46.6 Å². The fourth-order valence-electron chi connectivity index (χ4n) is 2.86. The first-order valence-electron chi connectivity index (χ1n) is 8.38. The first kappa shape index (κ1) is 20.0. The number of benzene rings is 2. The molecule has 2 aromatic rings. The van der Waals surface area contributed by atoms with Crippen LogP contribution >= 0.6 is 23.2 Å². The normalized spacial score (nSPS) is 16.0. The van der Waals surface area contributed by atoms with E-state index in [2.05, 4.69) is 10.9 Å². The van der Waals surface area contributed by atoms with Gasteiger partial charge in [-0.3, -0.25) is 25.2 Å². The summed E-state index contributed by atoms with van der Waals surface area (Å²) in [7, 11) is 1.56. The number of nitrogens with one attached hydrogen (secondary N) is 2. The van der Waals surface area contributed by atoms with Crippen LogP contribution in [0.3, 0.4) is 0 Å². The molecule has 1 atom stereocenters. The number of hydrogen-bond acceptors (Lipinski definition) is 4. The molecule has 0 spiro atoms. The van der Waals surface area contributed by atoms with E-state index in [0.717, 1.165) is 0 Å². The molecule has 2 N–H and O–H groups in total. The Bertz CT molecular complexity index is 918. The average molecular weight is 422 g/mol. The topological polar surface area (TPSA) is 87.7 Å². The lowest BCUT2D eigenvalue weighted by Crippen LogP contribution is -2.45. The van der Waals surface area contributed by atoms with Crippen LogP contribution in [0.5, 0.6) is 5.75 Å². The van der Waals surface area contributed by atoms with Gasteiger partial charge in [0.25, 0.3) is 5.91 Å². The molecule has 1 aliphatic rings. The highest BCUT2D eigenvalue weighted by molar-refractivity contribution is 6.36. The first-order chi connectivity index (χ1) is 13.4. The molecular weight excluding hydrogens is 405 g/mol. The van der Waals surface area contributed by atoms with E-state index in [9.17, 15) is 14.4 Å². The van der Waals surface area contributed by atoms with Gasteiger partial charge in [0.15, 0.2) is 0 Å². The highest BCUT2D eigenvalue weighted by Crippen LogP contribution is 2.27. The van der Waals surface area contributed by atoms with Gasteiger partial charge in [-0.05, 0) is 42.5 Å². The quantitative estimate of drug-likeness (QED) is 0.742. The van der Waals surface area contributed by atoms with Gasteiger partial charge in [-0.1, -0.05) is 23.2 Å². The molecule has 146 valence electrons. The maximum absolute atomic E-state index is 12.4. The molecule has 1 saturated heterocycles. The lowest BCUT2D eigenvalue weighted by Gasteiger charge is -2.17. The van der Waals surface area contributed by atoms with Crippen LogP contribution in [0.1, 0.15) is 16.8 Å². The summed E-state index contributed by atoms with van der Waals surface area (Å²) in [6.45, 7) is 0.217. The van der Waals surface area contributed by atoms with Crippen molar-refractivity contribution in [1.29, 1.82) is 0 Å². The molecule has 0 radical (unpaired) electrons. The summed E-state index contributed by atoms with van der Waals surface area (Å²) < 4.78 is 5.10. The fourth-order valence-corrected chi connectivity index (χ4v) is 3.35. The van der Waals surface area contributed by atoms with Crippen molar-refractivity contribution in [2.45, 2.75) is 6.42 Å². The molecule has 0 saturated carbocycles. The lowest BCUT2D eigenvalue weighted by atomic mass is 10.1. The van der Waals surface area contributed by atoms with E-state index in [4.69, 9.17) is 27.9 Å². The van der Waals surface area contributed by atoms with Crippen LogP contribution in [0.2, 0.25) is 10.0 Å². The molecule has 0 unspecified atom stereocenters. The SMILES string of the molecule is COc1ccc(N2C[C@H](C(=O)NNC(=O)c3ccc(Cl)cc3Cl)CC2=O)cc1. The largest absolute Gasteiger partial charge is 0.497 e. The Labute approximate surface area is 171 Å². The molecular formula is C19H17Cl2N3O4. The number of rotatable bonds is 4. The number of carbonyl (C=O) groups is 3. The van der Waals surface area contributed by atoms with Gasteiger partial charge in [-0.15, -0.1) is 0 Å². The smallest absolute Gasteiger partial charge is 0.271 e. The highest BCUT2D eigenvalue weighted by atomic mass is 35.5. The summed E-state index contributed by atoms with van der Waals surface area (Å²) in [5.41, 5.74) is 5.51. The van der Waals surface area contributed by atoms with Gasteiger partial charge in [0.05, 0.1) is 23.6 Å². The Balaban J connectivity index is 1.59. The van der Waals surface area contributed by atoms with E-state index in [1.807, 2.05) is 0 Å². The second kappa shape index (κ2) is 8.50. The minimum Gasteiger partial charge on any atom is -0.497 e. The maximum Gasteiger partial charge on any atom is 0.271 e. The minimum atomic E-state index is -0.587. The molecule has 3 amide bonds. The zero-order valence-electron chi connectivity index (χ0n) is 14.9. The van der Waals surface area contributed by atoms with Gasteiger partial charge in [-0.2, -0.15) is 0 Å². The highest BCUT2D eigenvalue weighted by Gasteiger charge is 2.35. The second-order valence-electron chi connectivity index (χ2n) is 6.17. The van der Waals surface area contributed by atoms with Crippen LogP contribution < -0.4 is 20.5 Å². The number of nitrogens with zero attached hydrogens (tertiary/aromatic N) is 1. The summed E-state index contributed by atoms with van der Waals surface area (Å²) in [5.74, 6) is -1.12. The van der Waals surface area contributed by atoms with E-state index in [-0.39, 0.29) is 29.5 Å². The number of hydrogen-bond donors (Lipinski definition) is 2. The Kier molecular flexibility index (Phi) is 6.06. The molecule has 0 aromatic heterocycles. The molecule has 28 heavy (non-hydrogen) atoms. The summed E-state index contributed by atoms with van der Waals surface area (Å²) >= 11 is 11.8. The van der Waals surface area contributed by atoms with Gasteiger partial charge < -0.3 is 9.64 Å². The predicted octanol–water partition coefficient (Wildman–Crippen LogP) is 2.82. The van der Waals surface area contributed by atoms with Crippen LogP contribution in [0.15, 0.2) is 42.5 Å². The third-order valence-corrected chi connectivity index (χ3v) is 4.90. The minimum absolute atomic E-state index is 0.0510. The summed E-state index contributed by atoms with van der Waals surface area (Å²) in [6, 6.07) is 11.4. The van der Waals surface area contributed by atoms with Crippen molar-refractivity contribution in [2.75, 3.05) is 18.6 Å². The van der Waals surface area contributed by atoms with Crippen molar-refractivity contribution in [3.63, 3.8) is 0 Å². The fraction of sp³-hybridized carbons (Fsp3) is 0.211. The summed E-state index contributed by atoms with van der Waals surface area (Å²) in [5, 5.41) is 0.564. The molecule has 9 heteroatoms. The predicted molar refractivity (Wildman–Crippen MR) is 106 cm³/mol. The molecule has 7 nitrogen and oxygen atoms in total. The van der Waals surface area contributed by atoms with Crippen LogP contribution in [-0.2, 0) is 9.59 Å². The Morgan fingerprint density at radius 2 is 1.82 bits per heavy atom. The number of halogens is 2. The van der Waals surface area contributed by atoms with Crippen LogP contribution in [0, 0.1) is 5.92 Å². The Hall–Kier alpha value is -2.77. The van der Waals surface area contributed by atoms with Gasteiger partial charge in [0.1, 0.15) is 5.75 Å². The van der Waals surface area contributed by atoms with E-state index in [0.29, 0.717) is 16.5 Å². The van der Waals surface area contributed by atoms with Gasteiger partial charge >= 0.3 is 0 Å². The molecule has 2 aromatic carbocycles. The van der Waals surface area contributed by atoms with Crippen molar-refractivity contribution in [3.05, 3.63) is 58.1 Å². The van der Waals surface area contributed by atoms with Gasteiger partial charge in [0.2, 0.25) is 11.8 Å². The maximum atomic E-state index is 12.4. The van der Waals surface area contributed by atoms with Crippen molar-refractivity contribution in [3.8, 4) is 5.75 Å². The van der Waals surface area contributed by atoms with Crippen LogP contribution in [0.25, 0.3) is 0 Å². The van der Waals surface area contributed by atoms with E-state index < -0.39 is 17.7 Å². The number of amides is 3. The summed E-state index contributed by atoms with van der Waals surface area (Å²) in [6.07, 6.45) is 0.0510. The van der Waals surface area contributed by atoms with E-state index >= 15 is 0 Å². The lowest BCUT2D eigenvalue weighted by molar-refractivity contribution is -0.126. The molecule has 0 bridgehead atoms. The van der Waals surface area contributed by atoms with Gasteiger partial charge in [0, 0.05) is 23.7 Å². The van der Waals surface area contributed by atoms with Crippen LogP contribution in [0.4, 0.5) is 5.69 Å². The number of carbonyl (C=O) groups excluding carboxylic acids is 3.